The molecule has 0 unspecified atom stereocenters. The summed E-state index contributed by atoms with van der Waals surface area (Å²) in [4.78, 5) is 7.11. The Balaban J connectivity index is 2.81. The number of halogens is 1. The molecule has 4 heteroatoms. The number of H-pyrrole nitrogens is 1. The lowest BCUT2D eigenvalue weighted by molar-refractivity contribution is 0.298. The molecule has 0 amide bonds. The highest BCUT2D eigenvalue weighted by Gasteiger charge is 2.02. The molecule has 0 fully saturated rings. The largest absolute Gasteiger partial charge is 0.396 e. The second-order valence-corrected chi connectivity index (χ2v) is 2.82. The van der Waals surface area contributed by atoms with Crippen LogP contribution in [0.3, 0.4) is 0 Å². The van der Waals surface area contributed by atoms with E-state index in [4.69, 9.17) is 5.11 Å². The van der Waals surface area contributed by atoms with E-state index >= 15 is 0 Å². The summed E-state index contributed by atoms with van der Waals surface area (Å²) in [6, 6.07) is 0. The molecule has 1 heterocycles. The average molecular weight is 205 g/mol. The summed E-state index contributed by atoms with van der Waals surface area (Å²) >= 11 is 3.26. The van der Waals surface area contributed by atoms with Crippen molar-refractivity contribution in [3.05, 3.63) is 16.1 Å². The van der Waals surface area contributed by atoms with Gasteiger partial charge in [-0.1, -0.05) is 0 Å². The summed E-state index contributed by atoms with van der Waals surface area (Å²) in [5.41, 5.74) is 0.958. The van der Waals surface area contributed by atoms with E-state index < -0.39 is 0 Å². The van der Waals surface area contributed by atoms with Gasteiger partial charge in [0.1, 0.15) is 10.4 Å². The summed E-state index contributed by atoms with van der Waals surface area (Å²) in [6.45, 7) is 2.03. The molecule has 10 heavy (non-hydrogen) atoms. The third kappa shape index (κ3) is 1.58. The number of nitrogens with one attached hydrogen (secondary N) is 1. The van der Waals surface area contributed by atoms with Crippen molar-refractivity contribution in [2.24, 2.45) is 0 Å². The molecular weight excluding hydrogens is 196 g/mol. The van der Waals surface area contributed by atoms with E-state index in [2.05, 4.69) is 25.9 Å². The number of aliphatic hydroxyl groups is 1. The first kappa shape index (κ1) is 7.75. The SMILES string of the molecule is Cc1nc(Br)c(CCO)[nH]1. The number of imidazole rings is 1. The van der Waals surface area contributed by atoms with Crippen molar-refractivity contribution >= 4 is 15.9 Å². The first-order chi connectivity index (χ1) is 4.74. The number of hydrogen-bond donors (Lipinski definition) is 2. The molecule has 1 aromatic heterocycles. The van der Waals surface area contributed by atoms with Gasteiger partial charge in [0.05, 0.1) is 5.69 Å². The minimum Gasteiger partial charge on any atom is -0.396 e. The lowest BCUT2D eigenvalue weighted by Crippen LogP contribution is -1.91. The molecule has 56 valence electrons. The van der Waals surface area contributed by atoms with Crippen molar-refractivity contribution < 1.29 is 5.11 Å². The van der Waals surface area contributed by atoms with Crippen molar-refractivity contribution in [1.29, 1.82) is 0 Å². The molecule has 0 saturated carbocycles. The van der Waals surface area contributed by atoms with Crippen LogP contribution in [0.4, 0.5) is 0 Å². The Kier molecular flexibility index (Phi) is 2.45. The molecule has 0 radical (unpaired) electrons. The number of aryl methyl sites for hydroxylation is 1. The van der Waals surface area contributed by atoms with E-state index in [-0.39, 0.29) is 6.61 Å². The van der Waals surface area contributed by atoms with Crippen LogP contribution >= 0.6 is 15.9 Å². The first-order valence-corrected chi connectivity index (χ1v) is 3.85. The molecule has 0 atom stereocenters. The quantitative estimate of drug-likeness (QED) is 0.756. The molecule has 0 aliphatic rings. The normalized spacial score (nSPS) is 10.3. The van der Waals surface area contributed by atoms with Crippen LogP contribution in [0.25, 0.3) is 0 Å². The van der Waals surface area contributed by atoms with Gasteiger partial charge in [0, 0.05) is 13.0 Å². The fourth-order valence-electron chi connectivity index (χ4n) is 0.790. The maximum atomic E-state index is 8.58. The molecule has 0 aliphatic heterocycles. The third-order valence-electron chi connectivity index (χ3n) is 1.21. The smallest absolute Gasteiger partial charge is 0.127 e. The van der Waals surface area contributed by atoms with Crippen molar-refractivity contribution in [3.8, 4) is 0 Å². The van der Waals surface area contributed by atoms with Gasteiger partial charge in [0.25, 0.3) is 0 Å². The zero-order valence-corrected chi connectivity index (χ0v) is 7.27. The fraction of sp³-hybridized carbons (Fsp3) is 0.500. The molecule has 1 rings (SSSR count). The van der Waals surface area contributed by atoms with Gasteiger partial charge in [-0.15, -0.1) is 0 Å². The number of aromatic nitrogens is 2. The van der Waals surface area contributed by atoms with Crippen LogP contribution in [0.1, 0.15) is 11.5 Å². The van der Waals surface area contributed by atoms with Gasteiger partial charge in [-0.05, 0) is 22.9 Å². The van der Waals surface area contributed by atoms with E-state index in [1.54, 1.807) is 0 Å². The van der Waals surface area contributed by atoms with Gasteiger partial charge in [-0.3, -0.25) is 0 Å². The van der Waals surface area contributed by atoms with Crippen LogP contribution in [0, 0.1) is 6.92 Å². The van der Waals surface area contributed by atoms with Crippen molar-refractivity contribution in [2.75, 3.05) is 6.61 Å². The van der Waals surface area contributed by atoms with E-state index in [0.29, 0.717) is 6.42 Å². The number of nitrogens with zero attached hydrogens (tertiary/aromatic N) is 1. The monoisotopic (exact) mass is 204 g/mol. The van der Waals surface area contributed by atoms with E-state index in [1.165, 1.54) is 0 Å². The Hall–Kier alpha value is -0.350. The fourth-order valence-corrected chi connectivity index (χ4v) is 1.35. The Labute approximate surface area is 67.6 Å². The standard InChI is InChI=1S/C6H9BrN2O/c1-4-8-5(2-3-10)6(7)9-4/h10H,2-3H2,1H3,(H,8,9). The lowest BCUT2D eigenvalue weighted by atomic mass is 10.4. The molecule has 0 bridgehead atoms. The molecular formula is C6H9BrN2O. The van der Waals surface area contributed by atoms with Crippen LogP contribution in [0.2, 0.25) is 0 Å². The van der Waals surface area contributed by atoms with E-state index in [0.717, 1.165) is 16.1 Å². The average Bonchev–Trinajstić information content (AvgIpc) is 2.13. The summed E-state index contributed by atoms with van der Waals surface area (Å²) in [5, 5.41) is 8.58. The Morgan fingerprint density at radius 1 is 1.70 bits per heavy atom. The Morgan fingerprint density at radius 3 is 2.80 bits per heavy atom. The first-order valence-electron chi connectivity index (χ1n) is 3.06. The summed E-state index contributed by atoms with van der Waals surface area (Å²) in [5.74, 6) is 0.871. The zero-order valence-electron chi connectivity index (χ0n) is 5.69. The van der Waals surface area contributed by atoms with E-state index in [1.807, 2.05) is 6.92 Å². The number of hydrogen-bond acceptors (Lipinski definition) is 2. The predicted octanol–water partition coefficient (Wildman–Crippen LogP) is 1.02. The lowest BCUT2D eigenvalue weighted by Gasteiger charge is -1.90. The van der Waals surface area contributed by atoms with E-state index in [9.17, 15) is 0 Å². The highest BCUT2D eigenvalue weighted by atomic mass is 79.9. The van der Waals surface area contributed by atoms with Gasteiger partial charge < -0.3 is 10.1 Å². The van der Waals surface area contributed by atoms with Gasteiger partial charge in [-0.25, -0.2) is 4.98 Å². The van der Waals surface area contributed by atoms with Gasteiger partial charge >= 0.3 is 0 Å². The van der Waals surface area contributed by atoms with Gasteiger partial charge in [0.15, 0.2) is 0 Å². The summed E-state index contributed by atoms with van der Waals surface area (Å²) in [7, 11) is 0. The minimum atomic E-state index is 0.153. The Morgan fingerprint density at radius 2 is 2.40 bits per heavy atom. The highest BCUT2D eigenvalue weighted by Crippen LogP contribution is 2.12. The number of aromatic amines is 1. The number of rotatable bonds is 2. The van der Waals surface area contributed by atoms with Gasteiger partial charge in [-0.2, -0.15) is 0 Å². The second kappa shape index (κ2) is 3.16. The third-order valence-corrected chi connectivity index (χ3v) is 1.86. The molecule has 3 nitrogen and oxygen atoms in total. The highest BCUT2D eigenvalue weighted by molar-refractivity contribution is 9.10. The second-order valence-electron chi connectivity index (χ2n) is 2.07. The maximum Gasteiger partial charge on any atom is 0.127 e. The molecule has 0 aliphatic carbocycles. The molecule has 0 aromatic carbocycles. The minimum absolute atomic E-state index is 0.153. The maximum absolute atomic E-state index is 8.58. The summed E-state index contributed by atoms with van der Waals surface area (Å²) < 4.78 is 0.805. The van der Waals surface area contributed by atoms with Crippen LogP contribution in [0.15, 0.2) is 4.60 Å². The zero-order chi connectivity index (χ0) is 7.56. The predicted molar refractivity (Wildman–Crippen MR) is 41.8 cm³/mol. The molecule has 0 saturated heterocycles. The Bertz CT molecular complexity index is 222. The molecule has 1 aromatic rings. The topological polar surface area (TPSA) is 48.9 Å². The van der Waals surface area contributed by atoms with Crippen LogP contribution < -0.4 is 0 Å². The van der Waals surface area contributed by atoms with Crippen LogP contribution in [-0.2, 0) is 6.42 Å². The molecule has 0 spiro atoms. The van der Waals surface area contributed by atoms with Crippen LogP contribution in [0.5, 0.6) is 0 Å². The van der Waals surface area contributed by atoms with Crippen LogP contribution in [-0.4, -0.2) is 21.7 Å². The summed E-state index contributed by atoms with van der Waals surface area (Å²) in [6.07, 6.45) is 0.626. The number of aliphatic hydroxyl groups excluding tert-OH is 1. The van der Waals surface area contributed by atoms with Crippen molar-refractivity contribution in [1.82, 2.24) is 9.97 Å². The molecule has 2 N–H and O–H groups in total. The van der Waals surface area contributed by atoms with Crippen molar-refractivity contribution in [3.63, 3.8) is 0 Å². The van der Waals surface area contributed by atoms with Gasteiger partial charge in [0.2, 0.25) is 0 Å². The van der Waals surface area contributed by atoms with Crippen molar-refractivity contribution in [2.45, 2.75) is 13.3 Å².